The zero-order valence-corrected chi connectivity index (χ0v) is 15.2. The molecule has 2 bridgehead atoms. The summed E-state index contributed by atoms with van der Waals surface area (Å²) in [5, 5.41) is 4.30. The van der Waals surface area contributed by atoms with Crippen LogP contribution >= 0.6 is 12.2 Å². The quantitative estimate of drug-likeness (QED) is 0.843. The first-order chi connectivity index (χ1) is 12.1. The number of benzene rings is 1. The fourth-order valence-electron chi connectivity index (χ4n) is 4.16. The van der Waals surface area contributed by atoms with Crippen LogP contribution in [0.2, 0.25) is 0 Å². The molecule has 1 N–H and O–H groups in total. The molecule has 1 aromatic carbocycles. The van der Waals surface area contributed by atoms with Crippen LogP contribution in [0.4, 0.5) is 0 Å². The van der Waals surface area contributed by atoms with E-state index in [0.29, 0.717) is 11.8 Å². The first-order valence-corrected chi connectivity index (χ1v) is 9.33. The summed E-state index contributed by atoms with van der Waals surface area (Å²) in [5.74, 6) is 0.867. The molecule has 4 nitrogen and oxygen atoms in total. The van der Waals surface area contributed by atoms with Gasteiger partial charge in [-0.05, 0) is 43.1 Å². The highest BCUT2D eigenvalue weighted by Crippen LogP contribution is 2.35. The third-order valence-electron chi connectivity index (χ3n) is 5.41. The van der Waals surface area contributed by atoms with Crippen LogP contribution in [0.5, 0.6) is 0 Å². The number of piperidine rings is 1. The van der Waals surface area contributed by atoms with Crippen molar-refractivity contribution in [2.75, 3.05) is 13.1 Å². The Balaban J connectivity index is 1.48. The van der Waals surface area contributed by atoms with Crippen LogP contribution in [0.15, 0.2) is 53.3 Å². The van der Waals surface area contributed by atoms with Gasteiger partial charge in [-0.1, -0.05) is 36.4 Å². The van der Waals surface area contributed by atoms with E-state index in [-0.39, 0.29) is 11.6 Å². The third kappa shape index (κ3) is 3.21. The van der Waals surface area contributed by atoms with Crippen molar-refractivity contribution >= 4 is 17.3 Å². The summed E-state index contributed by atoms with van der Waals surface area (Å²) in [6.45, 7) is 4.75. The Morgan fingerprint density at radius 3 is 2.72 bits per heavy atom. The van der Waals surface area contributed by atoms with E-state index in [1.54, 1.807) is 6.07 Å². The van der Waals surface area contributed by atoms with Gasteiger partial charge in [0.2, 0.25) is 0 Å². The maximum absolute atomic E-state index is 12.1. The Morgan fingerprint density at radius 2 is 1.92 bits per heavy atom. The fraction of sp³-hybridized carbons (Fsp3) is 0.400. The monoisotopic (exact) mass is 353 g/mol. The zero-order valence-electron chi connectivity index (χ0n) is 14.4. The summed E-state index contributed by atoms with van der Waals surface area (Å²) in [7, 11) is 0. The average molecular weight is 353 g/mol. The van der Waals surface area contributed by atoms with E-state index in [1.165, 1.54) is 5.56 Å². The molecule has 0 radical (unpaired) electrons. The third-order valence-corrected chi connectivity index (χ3v) is 5.78. The number of likely N-dealkylation sites (tertiary alicyclic amines) is 1. The molecule has 0 aliphatic carbocycles. The lowest BCUT2D eigenvalue weighted by Crippen LogP contribution is -2.52. The van der Waals surface area contributed by atoms with Crippen LogP contribution in [0.1, 0.15) is 36.6 Å². The van der Waals surface area contributed by atoms with Crippen LogP contribution in [-0.4, -0.2) is 27.7 Å². The van der Waals surface area contributed by atoms with Crippen molar-refractivity contribution in [2.45, 2.75) is 31.8 Å². The maximum atomic E-state index is 12.1. The number of nitrogens with zero attached hydrogens (tertiary/aromatic N) is 2. The van der Waals surface area contributed by atoms with Crippen LogP contribution in [0, 0.1) is 5.92 Å². The number of hydrogen-bond acceptors (Lipinski definition) is 2. The van der Waals surface area contributed by atoms with Crippen molar-refractivity contribution in [1.82, 2.24) is 14.8 Å². The molecular weight excluding hydrogens is 330 g/mol. The zero-order chi connectivity index (χ0) is 17.4. The van der Waals surface area contributed by atoms with E-state index in [0.717, 1.165) is 36.9 Å². The number of thiocarbonyl (C=S) groups is 1. The second-order valence-corrected chi connectivity index (χ2v) is 7.57. The molecule has 2 aliphatic rings. The van der Waals surface area contributed by atoms with Crippen LogP contribution < -0.4 is 10.9 Å². The molecule has 2 aliphatic heterocycles. The number of rotatable bonds is 2. The largest absolute Gasteiger partial charge is 0.356 e. The molecular formula is C20H23N3OS. The molecule has 3 heterocycles. The molecule has 3 atom stereocenters. The van der Waals surface area contributed by atoms with Gasteiger partial charge < -0.3 is 14.8 Å². The van der Waals surface area contributed by atoms with Crippen molar-refractivity contribution < 1.29 is 0 Å². The smallest absolute Gasteiger partial charge is 0.250 e. The van der Waals surface area contributed by atoms with Gasteiger partial charge in [0.15, 0.2) is 5.11 Å². The van der Waals surface area contributed by atoms with Gasteiger partial charge in [-0.3, -0.25) is 4.79 Å². The van der Waals surface area contributed by atoms with Gasteiger partial charge in [-0.2, -0.15) is 0 Å². The van der Waals surface area contributed by atoms with Gasteiger partial charge >= 0.3 is 0 Å². The number of nitrogens with one attached hydrogen (secondary N) is 1. The Hall–Kier alpha value is -2.14. The first kappa shape index (κ1) is 16.3. The molecule has 4 rings (SSSR count). The van der Waals surface area contributed by atoms with E-state index in [4.69, 9.17) is 12.2 Å². The summed E-state index contributed by atoms with van der Waals surface area (Å²) in [4.78, 5) is 14.4. The predicted octanol–water partition coefficient (Wildman–Crippen LogP) is 2.90. The summed E-state index contributed by atoms with van der Waals surface area (Å²) in [6.07, 6.45) is 1.15. The summed E-state index contributed by atoms with van der Waals surface area (Å²) < 4.78 is 1.96. The highest BCUT2D eigenvalue weighted by Gasteiger charge is 2.35. The Bertz CT molecular complexity index is 832. The van der Waals surface area contributed by atoms with E-state index >= 15 is 0 Å². The lowest BCUT2D eigenvalue weighted by atomic mass is 9.83. The first-order valence-electron chi connectivity index (χ1n) is 8.92. The van der Waals surface area contributed by atoms with Gasteiger partial charge in [0.25, 0.3) is 5.56 Å². The Kier molecular flexibility index (Phi) is 4.34. The molecule has 130 valence electrons. The second-order valence-electron chi connectivity index (χ2n) is 7.18. The van der Waals surface area contributed by atoms with Gasteiger partial charge in [-0.25, -0.2) is 0 Å². The lowest BCUT2D eigenvalue weighted by molar-refractivity contribution is 0.176. The molecule has 1 saturated heterocycles. The van der Waals surface area contributed by atoms with Crippen molar-refractivity contribution in [3.05, 3.63) is 70.1 Å². The van der Waals surface area contributed by atoms with Crippen molar-refractivity contribution in [3.8, 4) is 0 Å². The normalized spacial score (nSPS) is 22.8. The Labute approximate surface area is 153 Å². The molecule has 1 aromatic heterocycles. The van der Waals surface area contributed by atoms with Gasteiger partial charge in [0.05, 0.1) is 6.04 Å². The number of hydrogen-bond donors (Lipinski definition) is 1. The molecule has 0 amide bonds. The summed E-state index contributed by atoms with van der Waals surface area (Å²) >= 11 is 5.70. The average Bonchev–Trinajstić information content (AvgIpc) is 2.63. The van der Waals surface area contributed by atoms with Crippen LogP contribution in [0.3, 0.4) is 0 Å². The summed E-state index contributed by atoms with van der Waals surface area (Å²) in [5.41, 5.74) is 2.52. The lowest BCUT2D eigenvalue weighted by Gasteiger charge is -2.44. The fourth-order valence-corrected chi connectivity index (χ4v) is 4.49. The Morgan fingerprint density at radius 1 is 1.12 bits per heavy atom. The number of fused-ring (bicyclic) bond motifs is 4. The van der Waals surface area contributed by atoms with E-state index in [1.807, 2.05) is 16.7 Å². The van der Waals surface area contributed by atoms with Gasteiger partial charge in [0, 0.05) is 37.3 Å². The van der Waals surface area contributed by atoms with E-state index < -0.39 is 0 Å². The molecule has 5 heteroatoms. The molecule has 0 saturated carbocycles. The number of aromatic nitrogens is 1. The highest BCUT2D eigenvalue weighted by atomic mass is 32.1. The van der Waals surface area contributed by atoms with E-state index in [2.05, 4.69) is 47.5 Å². The van der Waals surface area contributed by atoms with Crippen LogP contribution in [0.25, 0.3) is 0 Å². The highest BCUT2D eigenvalue weighted by molar-refractivity contribution is 7.80. The molecule has 0 spiro atoms. The van der Waals surface area contributed by atoms with Crippen molar-refractivity contribution in [2.24, 2.45) is 5.92 Å². The molecule has 0 unspecified atom stereocenters. The van der Waals surface area contributed by atoms with Crippen molar-refractivity contribution in [1.29, 1.82) is 0 Å². The van der Waals surface area contributed by atoms with Crippen molar-refractivity contribution in [3.63, 3.8) is 0 Å². The maximum Gasteiger partial charge on any atom is 0.250 e. The van der Waals surface area contributed by atoms with Crippen LogP contribution in [-0.2, 0) is 6.54 Å². The van der Waals surface area contributed by atoms with E-state index in [9.17, 15) is 4.79 Å². The second kappa shape index (κ2) is 6.64. The minimum atomic E-state index is 0.124. The SMILES string of the molecule is C[C@@H](NC(=S)N1C[C@H]2C[C@H](C1)c1cccc(=O)n1C2)c1ccccc1. The van der Waals surface area contributed by atoms with Gasteiger partial charge in [0.1, 0.15) is 0 Å². The minimum Gasteiger partial charge on any atom is -0.356 e. The molecule has 2 aromatic rings. The van der Waals surface area contributed by atoms with Gasteiger partial charge in [-0.15, -0.1) is 0 Å². The topological polar surface area (TPSA) is 37.3 Å². The minimum absolute atomic E-state index is 0.124. The number of pyridine rings is 1. The molecule has 25 heavy (non-hydrogen) atoms. The predicted molar refractivity (Wildman–Crippen MR) is 104 cm³/mol. The summed E-state index contributed by atoms with van der Waals surface area (Å²) in [6, 6.07) is 16.2. The standard InChI is InChI=1S/C20H23N3OS/c1-14(16-6-3-2-4-7-16)21-20(25)22-11-15-10-17(13-22)18-8-5-9-19(24)23(18)12-15/h2-9,14-15,17H,10-13H2,1H3,(H,21,25)/t14-,15-,17-/m1/s1. The molecule has 1 fully saturated rings.